The van der Waals surface area contributed by atoms with Gasteiger partial charge >= 0.3 is 0 Å². The van der Waals surface area contributed by atoms with Crippen LogP contribution in [0.2, 0.25) is 0 Å². The Kier molecular flexibility index (Phi) is 4.50. The Bertz CT molecular complexity index is 507. The number of thioether (sulfide) groups is 1. The third-order valence-corrected chi connectivity index (χ3v) is 5.68. The number of aryl methyl sites for hydroxylation is 1. The molecule has 0 N–H and O–H groups in total. The Labute approximate surface area is 128 Å². The standard InChI is InChI=1S/C16H20FNO2S/c17-14-4-2-1-3-13(14)5-6-15(19)18-9-7-16(8-10-18)20-11-12-21-16/h1-4H,5-12H2. The van der Waals surface area contributed by atoms with Crippen molar-refractivity contribution >= 4 is 17.7 Å². The van der Waals surface area contributed by atoms with Crippen molar-refractivity contribution < 1.29 is 13.9 Å². The first-order valence-corrected chi connectivity index (χ1v) is 8.46. The number of likely N-dealkylation sites (tertiary alicyclic amines) is 1. The van der Waals surface area contributed by atoms with Gasteiger partial charge in [-0.3, -0.25) is 4.79 Å². The van der Waals surface area contributed by atoms with Crippen LogP contribution in [0.3, 0.4) is 0 Å². The second kappa shape index (κ2) is 6.36. The minimum absolute atomic E-state index is 0.0394. The Morgan fingerprint density at radius 2 is 2.10 bits per heavy atom. The SMILES string of the molecule is O=C(CCc1ccccc1F)N1CCC2(CC1)OCCS2. The number of carbonyl (C=O) groups excluding carboxylic acids is 1. The van der Waals surface area contributed by atoms with Crippen LogP contribution in [-0.4, -0.2) is 41.2 Å². The third-order valence-electron chi connectivity index (χ3n) is 4.26. The second-order valence-electron chi connectivity index (χ2n) is 5.58. The molecule has 1 spiro atoms. The summed E-state index contributed by atoms with van der Waals surface area (Å²) in [5, 5.41) is 0. The number of benzene rings is 1. The lowest BCUT2D eigenvalue weighted by Gasteiger charge is -2.37. The maximum atomic E-state index is 13.5. The van der Waals surface area contributed by atoms with E-state index in [1.165, 1.54) is 6.07 Å². The molecule has 0 unspecified atom stereocenters. The van der Waals surface area contributed by atoms with Crippen LogP contribution >= 0.6 is 11.8 Å². The first kappa shape index (κ1) is 14.9. The molecule has 0 bridgehead atoms. The monoisotopic (exact) mass is 309 g/mol. The first-order valence-electron chi connectivity index (χ1n) is 7.48. The Balaban J connectivity index is 1.49. The Morgan fingerprint density at radius 1 is 1.33 bits per heavy atom. The van der Waals surface area contributed by atoms with Crippen molar-refractivity contribution in [2.75, 3.05) is 25.4 Å². The minimum atomic E-state index is -0.223. The van der Waals surface area contributed by atoms with Crippen molar-refractivity contribution in [3.05, 3.63) is 35.6 Å². The van der Waals surface area contributed by atoms with Crippen molar-refractivity contribution in [3.63, 3.8) is 0 Å². The van der Waals surface area contributed by atoms with Gasteiger partial charge in [0.25, 0.3) is 0 Å². The quantitative estimate of drug-likeness (QED) is 0.860. The molecule has 5 heteroatoms. The van der Waals surface area contributed by atoms with Crippen molar-refractivity contribution in [2.45, 2.75) is 30.6 Å². The molecule has 21 heavy (non-hydrogen) atoms. The molecule has 0 radical (unpaired) electrons. The number of rotatable bonds is 3. The van der Waals surface area contributed by atoms with Crippen LogP contribution in [0.4, 0.5) is 4.39 Å². The van der Waals surface area contributed by atoms with Gasteiger partial charge in [0.2, 0.25) is 5.91 Å². The van der Waals surface area contributed by atoms with E-state index in [0.29, 0.717) is 18.4 Å². The predicted octanol–water partition coefficient (Wildman–Crippen LogP) is 2.84. The molecule has 114 valence electrons. The van der Waals surface area contributed by atoms with Crippen molar-refractivity contribution in [2.24, 2.45) is 0 Å². The average molecular weight is 309 g/mol. The molecule has 1 amide bonds. The summed E-state index contributed by atoms with van der Waals surface area (Å²) in [4.78, 5) is 14.1. The molecule has 0 atom stereocenters. The highest BCUT2D eigenvalue weighted by Gasteiger charge is 2.39. The largest absolute Gasteiger partial charge is 0.363 e. The van der Waals surface area contributed by atoms with Gasteiger partial charge in [-0.15, -0.1) is 11.8 Å². The van der Waals surface area contributed by atoms with Gasteiger partial charge in [-0.05, 0) is 18.1 Å². The number of nitrogens with zero attached hydrogens (tertiary/aromatic N) is 1. The molecule has 3 nitrogen and oxygen atoms in total. The van der Waals surface area contributed by atoms with E-state index in [1.54, 1.807) is 12.1 Å². The van der Waals surface area contributed by atoms with E-state index in [2.05, 4.69) is 0 Å². The van der Waals surface area contributed by atoms with Crippen LogP contribution < -0.4 is 0 Å². The van der Waals surface area contributed by atoms with Gasteiger partial charge in [0.1, 0.15) is 10.8 Å². The third kappa shape index (κ3) is 3.40. The Morgan fingerprint density at radius 3 is 2.76 bits per heavy atom. The maximum absolute atomic E-state index is 13.5. The van der Waals surface area contributed by atoms with Gasteiger partial charge < -0.3 is 9.64 Å². The number of piperidine rings is 1. The van der Waals surface area contributed by atoms with Crippen molar-refractivity contribution in [3.8, 4) is 0 Å². The van der Waals surface area contributed by atoms with Crippen molar-refractivity contribution in [1.29, 1.82) is 0 Å². The molecular formula is C16H20FNO2S. The summed E-state index contributed by atoms with van der Waals surface area (Å²) < 4.78 is 19.4. The van der Waals surface area contributed by atoms with Gasteiger partial charge in [0, 0.05) is 38.1 Å². The molecule has 2 aliphatic heterocycles. The van der Waals surface area contributed by atoms with E-state index in [1.807, 2.05) is 22.7 Å². The smallest absolute Gasteiger partial charge is 0.222 e. The van der Waals surface area contributed by atoms with Crippen LogP contribution in [0, 0.1) is 5.82 Å². The fraction of sp³-hybridized carbons (Fsp3) is 0.562. The highest BCUT2D eigenvalue weighted by atomic mass is 32.2. The summed E-state index contributed by atoms with van der Waals surface area (Å²) in [6.45, 7) is 2.33. The normalized spacial score (nSPS) is 20.9. The first-order chi connectivity index (χ1) is 10.2. The molecule has 2 fully saturated rings. The lowest BCUT2D eigenvalue weighted by atomic mass is 10.0. The van der Waals surface area contributed by atoms with Crippen LogP contribution in [0.15, 0.2) is 24.3 Å². The molecule has 1 aromatic rings. The Hall–Kier alpha value is -1.07. The van der Waals surface area contributed by atoms with E-state index in [-0.39, 0.29) is 16.7 Å². The molecule has 2 aliphatic rings. The fourth-order valence-electron chi connectivity index (χ4n) is 2.98. The maximum Gasteiger partial charge on any atom is 0.222 e. The van der Waals surface area contributed by atoms with Gasteiger partial charge in [0.15, 0.2) is 0 Å². The summed E-state index contributed by atoms with van der Waals surface area (Å²) in [5.74, 6) is 0.955. The zero-order valence-electron chi connectivity index (χ0n) is 12.0. The molecule has 0 aliphatic carbocycles. The minimum Gasteiger partial charge on any atom is -0.363 e. The topological polar surface area (TPSA) is 29.5 Å². The van der Waals surface area contributed by atoms with Crippen LogP contribution in [0.1, 0.15) is 24.8 Å². The predicted molar refractivity (Wildman–Crippen MR) is 81.7 cm³/mol. The molecule has 1 aromatic carbocycles. The molecule has 0 aromatic heterocycles. The van der Waals surface area contributed by atoms with E-state index in [0.717, 1.165) is 38.3 Å². The lowest BCUT2D eigenvalue weighted by Crippen LogP contribution is -2.45. The highest BCUT2D eigenvalue weighted by molar-refractivity contribution is 8.00. The molecule has 0 saturated carbocycles. The van der Waals surface area contributed by atoms with Gasteiger partial charge in [-0.25, -0.2) is 4.39 Å². The zero-order chi connectivity index (χ0) is 14.7. The summed E-state index contributed by atoms with van der Waals surface area (Å²) >= 11 is 1.88. The van der Waals surface area contributed by atoms with E-state index in [4.69, 9.17) is 4.74 Å². The summed E-state index contributed by atoms with van der Waals surface area (Å²) in [5.41, 5.74) is 0.619. The van der Waals surface area contributed by atoms with Gasteiger partial charge in [0.05, 0.1) is 6.61 Å². The van der Waals surface area contributed by atoms with E-state index < -0.39 is 0 Å². The van der Waals surface area contributed by atoms with E-state index >= 15 is 0 Å². The van der Waals surface area contributed by atoms with Crippen LogP contribution in [-0.2, 0) is 16.0 Å². The fourth-order valence-corrected chi connectivity index (χ4v) is 4.16. The van der Waals surface area contributed by atoms with Gasteiger partial charge in [-0.1, -0.05) is 18.2 Å². The second-order valence-corrected chi connectivity index (χ2v) is 7.02. The number of amides is 1. The van der Waals surface area contributed by atoms with Crippen LogP contribution in [0.25, 0.3) is 0 Å². The lowest BCUT2D eigenvalue weighted by molar-refractivity contribution is -0.134. The molecular weight excluding hydrogens is 289 g/mol. The average Bonchev–Trinajstić information content (AvgIpc) is 2.95. The van der Waals surface area contributed by atoms with Gasteiger partial charge in [-0.2, -0.15) is 0 Å². The summed E-state index contributed by atoms with van der Waals surface area (Å²) in [6.07, 6.45) is 2.66. The summed E-state index contributed by atoms with van der Waals surface area (Å²) in [7, 11) is 0. The number of halogens is 1. The number of hydrogen-bond acceptors (Lipinski definition) is 3. The zero-order valence-corrected chi connectivity index (χ0v) is 12.8. The molecule has 2 heterocycles. The van der Waals surface area contributed by atoms with E-state index in [9.17, 15) is 9.18 Å². The van der Waals surface area contributed by atoms with Crippen molar-refractivity contribution in [1.82, 2.24) is 4.90 Å². The highest BCUT2D eigenvalue weighted by Crippen LogP contribution is 2.41. The number of carbonyl (C=O) groups is 1. The summed E-state index contributed by atoms with van der Waals surface area (Å²) in [6, 6.07) is 6.67. The number of hydrogen-bond donors (Lipinski definition) is 0. The van der Waals surface area contributed by atoms with Crippen LogP contribution in [0.5, 0.6) is 0 Å². The molecule has 3 rings (SSSR count). The number of ether oxygens (including phenoxy) is 1. The molecule has 2 saturated heterocycles.